The molecule has 0 atom stereocenters. The van der Waals surface area contributed by atoms with Crippen molar-refractivity contribution in [3.8, 4) is 0 Å². The minimum absolute atomic E-state index is 0.0704. The first-order valence-corrected chi connectivity index (χ1v) is 8.95. The lowest BCUT2D eigenvalue weighted by molar-refractivity contribution is 0.451. The van der Waals surface area contributed by atoms with E-state index < -0.39 is 8.32 Å². The summed E-state index contributed by atoms with van der Waals surface area (Å²) < 4.78 is 0. The van der Waals surface area contributed by atoms with Crippen molar-refractivity contribution in [2.24, 2.45) is 0 Å². The quantitative estimate of drug-likeness (QED) is 0.653. The fourth-order valence-electron chi connectivity index (χ4n) is 1.34. The van der Waals surface area contributed by atoms with E-state index in [-0.39, 0.29) is 10.3 Å². The number of hydrogen-bond acceptors (Lipinski definition) is 4. The minimum Gasteiger partial charge on any atom is -0.432 e. The molecule has 0 aliphatic heterocycles. The van der Waals surface area contributed by atoms with Gasteiger partial charge in [-0.2, -0.15) is 0 Å². The number of aromatic nitrogens is 2. The number of anilines is 1. The Bertz CT molecular complexity index is 404. The van der Waals surface area contributed by atoms with Crippen molar-refractivity contribution >= 4 is 25.7 Å². The Labute approximate surface area is 108 Å². The first-order valence-electron chi connectivity index (χ1n) is 5.63. The molecule has 1 aromatic heterocycles. The van der Waals surface area contributed by atoms with Gasteiger partial charge in [-0.3, -0.25) is 0 Å². The topological polar surface area (TPSA) is 72.0 Å². The van der Waals surface area contributed by atoms with E-state index in [1.54, 1.807) is 6.20 Å². The molecule has 0 aromatic carbocycles. The molecule has 0 saturated carbocycles. The van der Waals surface area contributed by atoms with Crippen LogP contribution in [0.5, 0.6) is 0 Å². The molecule has 1 aromatic rings. The molecule has 0 radical (unpaired) electrons. The monoisotopic (exact) mass is 273 g/mol. The molecule has 0 fully saturated rings. The lowest BCUT2D eigenvalue weighted by Crippen LogP contribution is -2.39. The maximum absolute atomic E-state index is 10.2. The second-order valence-electron chi connectivity index (χ2n) is 5.49. The van der Waals surface area contributed by atoms with Gasteiger partial charge >= 0.3 is 0 Å². The molecular weight excluding hydrogens is 254 g/mol. The van der Waals surface area contributed by atoms with Crippen molar-refractivity contribution in [3.05, 3.63) is 17.0 Å². The van der Waals surface area contributed by atoms with Crippen LogP contribution in [0.4, 0.5) is 5.82 Å². The molecule has 6 heteroatoms. The van der Waals surface area contributed by atoms with Crippen LogP contribution in [0.1, 0.15) is 25.8 Å². The van der Waals surface area contributed by atoms with Crippen molar-refractivity contribution in [2.75, 3.05) is 5.73 Å². The van der Waals surface area contributed by atoms with Crippen molar-refractivity contribution in [1.82, 2.24) is 9.97 Å². The third-order valence-corrected chi connectivity index (χ3v) is 7.29. The highest BCUT2D eigenvalue weighted by Crippen LogP contribution is 2.39. The van der Waals surface area contributed by atoms with E-state index in [1.165, 1.54) is 0 Å². The molecule has 0 saturated heterocycles. The fourth-order valence-corrected chi connectivity index (χ4v) is 2.22. The Morgan fingerprint density at radius 2 is 2.06 bits per heavy atom. The molecular formula is C11H20ClN3OSi. The Balaban J connectivity index is 2.74. The van der Waals surface area contributed by atoms with Gasteiger partial charge in [0.25, 0.3) is 0 Å². The van der Waals surface area contributed by atoms with Gasteiger partial charge in [-0.25, -0.2) is 9.97 Å². The molecule has 17 heavy (non-hydrogen) atoms. The molecule has 0 aliphatic rings. The molecule has 1 rings (SSSR count). The predicted octanol–water partition coefficient (Wildman–Crippen LogP) is 2.62. The summed E-state index contributed by atoms with van der Waals surface area (Å²) in [5, 5.41) is 0.0985. The smallest absolute Gasteiger partial charge is 0.224 e. The molecule has 0 aliphatic carbocycles. The van der Waals surface area contributed by atoms with Crippen LogP contribution in [0, 0.1) is 0 Å². The average molecular weight is 274 g/mol. The summed E-state index contributed by atoms with van der Waals surface area (Å²) in [6.07, 6.45) is 3.28. The lowest BCUT2D eigenvalue weighted by atomic mass is 10.0. The van der Waals surface area contributed by atoms with E-state index in [9.17, 15) is 4.80 Å². The second-order valence-corrected chi connectivity index (χ2v) is 10.3. The molecule has 0 unspecified atom stereocenters. The SMILES string of the molecule is CC(C)(CCc1cnc(Cl)nc1N)[Si](C)(C)O. The van der Waals surface area contributed by atoms with E-state index in [0.717, 1.165) is 18.4 Å². The maximum Gasteiger partial charge on any atom is 0.224 e. The largest absolute Gasteiger partial charge is 0.432 e. The number of halogens is 1. The third-order valence-electron chi connectivity index (χ3n) is 3.54. The van der Waals surface area contributed by atoms with Gasteiger partial charge in [0.15, 0.2) is 8.32 Å². The van der Waals surface area contributed by atoms with Crippen LogP contribution in [-0.2, 0) is 6.42 Å². The summed E-state index contributed by atoms with van der Waals surface area (Å²) in [6.45, 7) is 8.09. The van der Waals surface area contributed by atoms with Crippen LogP contribution in [-0.4, -0.2) is 23.1 Å². The molecule has 1 heterocycles. The van der Waals surface area contributed by atoms with E-state index >= 15 is 0 Å². The van der Waals surface area contributed by atoms with E-state index in [0.29, 0.717) is 5.82 Å². The highest BCUT2D eigenvalue weighted by atomic mass is 35.5. The lowest BCUT2D eigenvalue weighted by Gasteiger charge is -2.35. The first kappa shape index (κ1) is 14.4. The average Bonchev–Trinajstić information content (AvgIpc) is 2.14. The van der Waals surface area contributed by atoms with Crippen LogP contribution in [0.15, 0.2) is 6.20 Å². The summed E-state index contributed by atoms with van der Waals surface area (Å²) in [5.74, 6) is 0.429. The van der Waals surface area contributed by atoms with Gasteiger partial charge in [0.2, 0.25) is 5.28 Å². The summed E-state index contributed by atoms with van der Waals surface area (Å²) in [7, 11) is -2.17. The molecule has 4 nitrogen and oxygen atoms in total. The third kappa shape index (κ3) is 3.66. The zero-order valence-corrected chi connectivity index (χ0v) is 12.5. The number of aryl methyl sites for hydroxylation is 1. The van der Waals surface area contributed by atoms with E-state index in [1.807, 2.05) is 13.1 Å². The van der Waals surface area contributed by atoms with Gasteiger partial charge < -0.3 is 10.5 Å². The Morgan fingerprint density at radius 1 is 1.47 bits per heavy atom. The Morgan fingerprint density at radius 3 is 2.53 bits per heavy atom. The zero-order chi connectivity index (χ0) is 13.3. The van der Waals surface area contributed by atoms with Gasteiger partial charge in [0.05, 0.1) is 0 Å². The molecule has 3 N–H and O–H groups in total. The molecule has 0 spiro atoms. The Kier molecular flexibility index (Phi) is 4.17. The highest BCUT2D eigenvalue weighted by Gasteiger charge is 2.37. The van der Waals surface area contributed by atoms with Gasteiger partial charge in [0.1, 0.15) is 5.82 Å². The van der Waals surface area contributed by atoms with Crippen LogP contribution in [0.3, 0.4) is 0 Å². The predicted molar refractivity (Wildman–Crippen MR) is 73.5 cm³/mol. The molecule has 96 valence electrons. The van der Waals surface area contributed by atoms with Gasteiger partial charge in [0, 0.05) is 11.8 Å². The second kappa shape index (κ2) is 4.92. The standard InChI is InChI=1S/C11H20ClN3OSi/c1-11(2,17(3,4)16)6-5-8-7-14-10(12)15-9(8)13/h7,16H,5-6H2,1-4H3,(H2,13,14,15). The number of nitrogens with two attached hydrogens (primary N) is 1. The normalized spacial score (nSPS) is 12.8. The van der Waals surface area contributed by atoms with Crippen molar-refractivity contribution < 1.29 is 4.80 Å². The first-order chi connectivity index (χ1) is 7.63. The minimum atomic E-state index is -2.17. The van der Waals surface area contributed by atoms with E-state index in [4.69, 9.17) is 17.3 Å². The number of hydrogen-bond donors (Lipinski definition) is 2. The summed E-state index contributed by atoms with van der Waals surface area (Å²) in [4.78, 5) is 18.0. The zero-order valence-electron chi connectivity index (χ0n) is 10.8. The summed E-state index contributed by atoms with van der Waals surface area (Å²) >= 11 is 5.64. The Hall–Kier alpha value is -0.653. The highest BCUT2D eigenvalue weighted by molar-refractivity contribution is 6.72. The molecule has 0 amide bonds. The van der Waals surface area contributed by atoms with Crippen LogP contribution in [0.25, 0.3) is 0 Å². The summed E-state index contributed by atoms with van der Waals surface area (Å²) in [6, 6.07) is 0. The van der Waals surface area contributed by atoms with Crippen molar-refractivity contribution in [3.63, 3.8) is 0 Å². The van der Waals surface area contributed by atoms with Gasteiger partial charge in [-0.1, -0.05) is 13.8 Å². The number of nitrogens with zero attached hydrogens (tertiary/aromatic N) is 2. The van der Waals surface area contributed by atoms with E-state index in [2.05, 4.69) is 23.8 Å². The van der Waals surface area contributed by atoms with Crippen LogP contribution >= 0.6 is 11.6 Å². The summed E-state index contributed by atoms with van der Waals surface area (Å²) in [5.41, 5.74) is 6.66. The van der Waals surface area contributed by atoms with Crippen molar-refractivity contribution in [2.45, 2.75) is 44.8 Å². The molecule has 0 bridgehead atoms. The number of nitrogen functional groups attached to an aromatic ring is 1. The van der Waals surface area contributed by atoms with Crippen LogP contribution in [0.2, 0.25) is 23.4 Å². The number of rotatable bonds is 4. The fraction of sp³-hybridized carbons (Fsp3) is 0.636. The maximum atomic E-state index is 10.2. The van der Waals surface area contributed by atoms with Crippen molar-refractivity contribution in [1.29, 1.82) is 0 Å². The van der Waals surface area contributed by atoms with Gasteiger partial charge in [-0.15, -0.1) is 0 Å². The van der Waals surface area contributed by atoms with Gasteiger partial charge in [-0.05, 0) is 42.6 Å². The van der Waals surface area contributed by atoms with Crippen LogP contribution < -0.4 is 5.73 Å².